The third kappa shape index (κ3) is 1.36. The second kappa shape index (κ2) is 3.99. The summed E-state index contributed by atoms with van der Waals surface area (Å²) in [4.78, 5) is 11.4. The summed E-state index contributed by atoms with van der Waals surface area (Å²) in [6.07, 6.45) is -0.513. The smallest absolute Gasteiger partial charge is 0.224 e. The molecule has 6 nitrogen and oxygen atoms in total. The van der Waals surface area contributed by atoms with E-state index in [-0.39, 0.29) is 23.9 Å². The van der Waals surface area contributed by atoms with Gasteiger partial charge >= 0.3 is 0 Å². The summed E-state index contributed by atoms with van der Waals surface area (Å²) in [6, 6.07) is 0. The van der Waals surface area contributed by atoms with E-state index in [0.717, 1.165) is 6.29 Å². The van der Waals surface area contributed by atoms with Crippen molar-refractivity contribution < 1.29 is 28.8 Å². The lowest BCUT2D eigenvalue weighted by molar-refractivity contribution is -0.342. The molecular weight excluding hydrogens is 252 g/mol. The number of aliphatic hydroxyl groups excluding tert-OH is 1. The Morgan fingerprint density at radius 3 is 2.74 bits per heavy atom. The Morgan fingerprint density at radius 1 is 1.32 bits per heavy atom. The minimum Gasteiger partial charge on any atom is -0.392 e. The summed E-state index contributed by atoms with van der Waals surface area (Å²) in [5.41, 5.74) is 0. The van der Waals surface area contributed by atoms with Crippen LogP contribution in [0.4, 0.5) is 0 Å². The molecule has 0 unspecified atom stereocenters. The Balaban J connectivity index is 1.80. The number of hydrogen-bond donors (Lipinski definition) is 1. The second-order valence-electron chi connectivity index (χ2n) is 5.92. The summed E-state index contributed by atoms with van der Waals surface area (Å²) >= 11 is 0. The molecule has 3 saturated heterocycles. The van der Waals surface area contributed by atoms with Gasteiger partial charge in [0, 0.05) is 17.8 Å². The zero-order chi connectivity index (χ0) is 13.2. The van der Waals surface area contributed by atoms with Crippen molar-refractivity contribution in [1.82, 2.24) is 0 Å². The molecule has 7 atom stereocenters. The monoisotopic (exact) mass is 270 g/mol. The number of aldehydes is 1. The minimum atomic E-state index is -0.949. The molecule has 4 rings (SSSR count). The zero-order valence-corrected chi connectivity index (χ0v) is 10.7. The van der Waals surface area contributed by atoms with E-state index in [1.165, 1.54) is 0 Å². The molecule has 1 saturated carbocycles. The Bertz CT molecular complexity index is 393. The van der Waals surface area contributed by atoms with Gasteiger partial charge in [0.2, 0.25) is 12.1 Å². The van der Waals surface area contributed by atoms with Gasteiger partial charge in [-0.25, -0.2) is 0 Å². The first-order chi connectivity index (χ1) is 9.19. The Morgan fingerprint density at radius 2 is 2.05 bits per heavy atom. The van der Waals surface area contributed by atoms with Gasteiger partial charge in [-0.1, -0.05) is 6.92 Å². The van der Waals surface area contributed by atoms with Crippen LogP contribution in [0.5, 0.6) is 0 Å². The van der Waals surface area contributed by atoms with Crippen molar-refractivity contribution in [3.63, 3.8) is 0 Å². The minimum absolute atomic E-state index is 0.0635. The van der Waals surface area contributed by atoms with Gasteiger partial charge in [-0.05, 0) is 5.92 Å². The molecule has 6 heteroatoms. The fourth-order valence-corrected chi connectivity index (χ4v) is 4.43. The fourth-order valence-electron chi connectivity index (χ4n) is 4.43. The fraction of sp³-hybridized carbons (Fsp3) is 0.923. The van der Waals surface area contributed by atoms with E-state index < -0.39 is 24.1 Å². The molecule has 0 radical (unpaired) electrons. The van der Waals surface area contributed by atoms with Crippen LogP contribution in [0.25, 0.3) is 0 Å². The summed E-state index contributed by atoms with van der Waals surface area (Å²) in [5, 5.41) is 10.3. The van der Waals surface area contributed by atoms with Crippen molar-refractivity contribution in [2.24, 2.45) is 23.7 Å². The van der Waals surface area contributed by atoms with Crippen LogP contribution in [0.2, 0.25) is 0 Å². The van der Waals surface area contributed by atoms with Crippen molar-refractivity contribution in [2.75, 3.05) is 19.8 Å². The van der Waals surface area contributed by atoms with Gasteiger partial charge < -0.3 is 28.8 Å². The van der Waals surface area contributed by atoms with E-state index in [4.69, 9.17) is 18.9 Å². The van der Waals surface area contributed by atoms with Crippen molar-refractivity contribution in [3.05, 3.63) is 0 Å². The normalized spacial score (nSPS) is 54.5. The SMILES string of the molecule is C[C@@H]1[C@H](O)[C@@H](C=O)[C@H]2[C@@H]1C1(OCCO1)[C@@H]1OC[C@H]2O1. The molecular formula is C13H18O6. The maximum absolute atomic E-state index is 11.4. The highest BCUT2D eigenvalue weighted by molar-refractivity contribution is 5.57. The van der Waals surface area contributed by atoms with Crippen LogP contribution in [0, 0.1) is 23.7 Å². The van der Waals surface area contributed by atoms with Crippen molar-refractivity contribution in [3.8, 4) is 0 Å². The average molecular weight is 270 g/mol. The summed E-state index contributed by atoms with van der Waals surface area (Å²) < 4.78 is 23.2. The van der Waals surface area contributed by atoms with Crippen LogP contribution in [-0.4, -0.2) is 55.5 Å². The predicted molar refractivity (Wildman–Crippen MR) is 61.0 cm³/mol. The summed E-state index contributed by atoms with van der Waals surface area (Å²) in [5.74, 6) is -1.62. The Kier molecular flexibility index (Phi) is 2.57. The highest BCUT2D eigenvalue weighted by Gasteiger charge is 2.70. The standard InChI is InChI=1S/C13H18O6/c1-6-10-9(7(4-14)11(6)15)8-5-16-12(19-8)13(10)17-2-3-18-13/h4,6-12,15H,2-3,5H2,1H3/t6-,7-,8+,9+,10+,11-,12+/m0/s1. The van der Waals surface area contributed by atoms with Crippen LogP contribution in [0.15, 0.2) is 0 Å². The maximum atomic E-state index is 11.4. The molecule has 4 aliphatic rings. The average Bonchev–Trinajstić information content (AvgIpc) is 3.07. The molecule has 2 bridgehead atoms. The molecule has 0 aromatic heterocycles. The first-order valence-corrected chi connectivity index (χ1v) is 6.87. The van der Waals surface area contributed by atoms with Gasteiger partial charge in [0.25, 0.3) is 0 Å². The largest absolute Gasteiger partial charge is 0.392 e. The number of rotatable bonds is 1. The van der Waals surface area contributed by atoms with Crippen LogP contribution in [0.1, 0.15) is 6.92 Å². The first kappa shape index (κ1) is 12.2. The lowest BCUT2D eigenvalue weighted by atomic mass is 9.76. The van der Waals surface area contributed by atoms with E-state index >= 15 is 0 Å². The third-order valence-corrected chi connectivity index (χ3v) is 5.19. The molecule has 3 aliphatic heterocycles. The Labute approximate surface area is 111 Å². The third-order valence-electron chi connectivity index (χ3n) is 5.19. The van der Waals surface area contributed by atoms with Crippen molar-refractivity contribution in [2.45, 2.75) is 31.2 Å². The van der Waals surface area contributed by atoms with E-state index in [1.807, 2.05) is 6.92 Å². The van der Waals surface area contributed by atoms with Crippen LogP contribution in [-0.2, 0) is 23.7 Å². The lowest BCUT2D eigenvalue weighted by Crippen LogP contribution is -2.58. The van der Waals surface area contributed by atoms with Crippen LogP contribution < -0.4 is 0 Å². The quantitative estimate of drug-likeness (QED) is 0.650. The predicted octanol–water partition coefficient (Wildman–Crippen LogP) is -0.457. The number of hydrogen-bond acceptors (Lipinski definition) is 6. The Hall–Kier alpha value is -0.530. The highest BCUT2D eigenvalue weighted by atomic mass is 16.8. The molecule has 1 spiro atoms. The second-order valence-corrected chi connectivity index (χ2v) is 5.92. The highest BCUT2D eigenvalue weighted by Crippen LogP contribution is 2.57. The molecule has 4 fully saturated rings. The molecule has 3 heterocycles. The maximum Gasteiger partial charge on any atom is 0.224 e. The summed E-state index contributed by atoms with van der Waals surface area (Å²) in [6.45, 7) is 3.37. The molecule has 19 heavy (non-hydrogen) atoms. The number of ether oxygens (including phenoxy) is 4. The molecule has 1 N–H and O–H groups in total. The molecule has 0 amide bonds. The number of carbonyl (C=O) groups excluding carboxylic acids is 1. The zero-order valence-electron chi connectivity index (χ0n) is 10.7. The van der Waals surface area contributed by atoms with E-state index in [1.54, 1.807) is 0 Å². The van der Waals surface area contributed by atoms with Crippen LogP contribution >= 0.6 is 0 Å². The van der Waals surface area contributed by atoms with Gasteiger partial charge in [0.1, 0.15) is 6.29 Å². The number of carbonyl (C=O) groups is 1. The van der Waals surface area contributed by atoms with E-state index in [2.05, 4.69) is 0 Å². The molecule has 106 valence electrons. The van der Waals surface area contributed by atoms with E-state index in [0.29, 0.717) is 19.8 Å². The molecule has 1 aliphatic carbocycles. The van der Waals surface area contributed by atoms with Crippen LogP contribution in [0.3, 0.4) is 0 Å². The van der Waals surface area contributed by atoms with Gasteiger partial charge in [0.15, 0.2) is 0 Å². The van der Waals surface area contributed by atoms with Gasteiger partial charge in [-0.3, -0.25) is 0 Å². The van der Waals surface area contributed by atoms with Crippen molar-refractivity contribution >= 4 is 6.29 Å². The summed E-state index contributed by atoms with van der Waals surface area (Å²) in [7, 11) is 0. The van der Waals surface area contributed by atoms with Gasteiger partial charge in [-0.2, -0.15) is 0 Å². The topological polar surface area (TPSA) is 74.2 Å². The van der Waals surface area contributed by atoms with E-state index in [9.17, 15) is 9.90 Å². The van der Waals surface area contributed by atoms with Gasteiger partial charge in [0.05, 0.1) is 32.0 Å². The first-order valence-electron chi connectivity index (χ1n) is 6.87. The van der Waals surface area contributed by atoms with Gasteiger partial charge in [-0.15, -0.1) is 0 Å². The number of fused-ring (bicyclic) bond motifs is 6. The molecule has 0 aromatic carbocycles. The number of aliphatic hydroxyl groups is 1. The van der Waals surface area contributed by atoms with Crippen molar-refractivity contribution in [1.29, 1.82) is 0 Å². The lowest BCUT2D eigenvalue weighted by Gasteiger charge is -2.45. The molecule has 0 aromatic rings.